The van der Waals surface area contributed by atoms with E-state index in [0.717, 1.165) is 21.6 Å². The summed E-state index contributed by atoms with van der Waals surface area (Å²) in [6, 6.07) is 9.01. The van der Waals surface area contributed by atoms with E-state index in [1.165, 1.54) is 11.3 Å². The molecular formula is C20H23N5O2S. The highest BCUT2D eigenvalue weighted by Crippen LogP contribution is 2.14. The summed E-state index contributed by atoms with van der Waals surface area (Å²) in [5, 5.41) is 6.16. The lowest BCUT2D eigenvalue weighted by Crippen LogP contribution is -2.48. The third-order valence-electron chi connectivity index (χ3n) is 4.37. The Morgan fingerprint density at radius 3 is 2.57 bits per heavy atom. The number of carbonyl (C=O) groups is 2. The first-order valence-electron chi connectivity index (χ1n) is 8.90. The van der Waals surface area contributed by atoms with Gasteiger partial charge in [-0.05, 0) is 31.0 Å². The molecule has 0 bridgehead atoms. The molecule has 146 valence electrons. The van der Waals surface area contributed by atoms with E-state index >= 15 is 0 Å². The Labute approximate surface area is 167 Å². The smallest absolute Gasteiger partial charge is 0.268 e. The van der Waals surface area contributed by atoms with Crippen LogP contribution < -0.4 is 16.4 Å². The average Bonchev–Trinajstić information content (AvgIpc) is 3.29. The van der Waals surface area contributed by atoms with Crippen LogP contribution >= 0.6 is 11.3 Å². The van der Waals surface area contributed by atoms with E-state index in [9.17, 15) is 9.59 Å². The molecule has 0 aliphatic rings. The Morgan fingerprint density at radius 1 is 1.21 bits per heavy atom. The van der Waals surface area contributed by atoms with Gasteiger partial charge in [0.25, 0.3) is 5.91 Å². The lowest BCUT2D eigenvalue weighted by molar-refractivity contribution is -0.123. The summed E-state index contributed by atoms with van der Waals surface area (Å²) in [5.41, 5.74) is 9.02. The number of H-pyrrole nitrogens is 1. The maximum absolute atomic E-state index is 12.8. The maximum Gasteiger partial charge on any atom is 0.268 e. The van der Waals surface area contributed by atoms with Crippen LogP contribution in [-0.2, 0) is 17.8 Å². The minimum atomic E-state index is -0.705. The van der Waals surface area contributed by atoms with Gasteiger partial charge in [-0.15, -0.1) is 11.3 Å². The summed E-state index contributed by atoms with van der Waals surface area (Å²) in [5.74, 6) is -0.568. The molecule has 0 fully saturated rings. The molecule has 2 aromatic heterocycles. The van der Waals surface area contributed by atoms with Crippen LogP contribution in [-0.4, -0.2) is 27.8 Å². The molecule has 3 aromatic rings. The molecule has 3 rings (SSSR count). The Bertz CT molecular complexity index is 961. The van der Waals surface area contributed by atoms with Gasteiger partial charge in [-0.3, -0.25) is 9.59 Å². The highest BCUT2D eigenvalue weighted by molar-refractivity contribution is 7.15. The number of benzene rings is 1. The second kappa shape index (κ2) is 8.71. The second-order valence-electron chi connectivity index (χ2n) is 6.63. The summed E-state index contributed by atoms with van der Waals surface area (Å²) in [4.78, 5) is 33.2. The number of amides is 2. The van der Waals surface area contributed by atoms with Gasteiger partial charge in [-0.25, -0.2) is 4.98 Å². The van der Waals surface area contributed by atoms with E-state index in [1.54, 1.807) is 12.4 Å². The van der Waals surface area contributed by atoms with Gasteiger partial charge in [0.15, 0.2) is 5.13 Å². The molecule has 1 atom stereocenters. The minimum Gasteiger partial charge on any atom is -0.375 e. The zero-order valence-corrected chi connectivity index (χ0v) is 16.6. The lowest BCUT2D eigenvalue weighted by Gasteiger charge is -2.18. The summed E-state index contributed by atoms with van der Waals surface area (Å²) in [6.07, 6.45) is 3.73. The normalized spacial score (nSPS) is 11.8. The number of anilines is 1. The number of hydrogen-bond acceptors (Lipinski definition) is 5. The van der Waals surface area contributed by atoms with Crippen molar-refractivity contribution < 1.29 is 9.59 Å². The number of aromatic amines is 1. The molecule has 0 saturated heterocycles. The molecule has 2 heterocycles. The Hall–Kier alpha value is -3.13. The monoisotopic (exact) mass is 397 g/mol. The fourth-order valence-electron chi connectivity index (χ4n) is 2.79. The summed E-state index contributed by atoms with van der Waals surface area (Å²) in [6.45, 7) is 4.16. The number of nitrogens with zero attached hydrogens (tertiary/aromatic N) is 1. The summed E-state index contributed by atoms with van der Waals surface area (Å²) >= 11 is 1.32. The average molecular weight is 398 g/mol. The van der Waals surface area contributed by atoms with Crippen LogP contribution in [0.15, 0.2) is 42.7 Å². The van der Waals surface area contributed by atoms with E-state index in [-0.39, 0.29) is 11.8 Å². The first kappa shape index (κ1) is 19.6. The third-order valence-corrected chi connectivity index (χ3v) is 5.20. The predicted octanol–water partition coefficient (Wildman–Crippen LogP) is 2.33. The number of hydrogen-bond donors (Lipinski definition) is 4. The van der Waals surface area contributed by atoms with Crippen LogP contribution in [0.4, 0.5) is 5.13 Å². The molecule has 0 radical (unpaired) electrons. The lowest BCUT2D eigenvalue weighted by atomic mass is 10.0. The topological polar surface area (TPSA) is 113 Å². The van der Waals surface area contributed by atoms with Gasteiger partial charge in [0, 0.05) is 23.7 Å². The van der Waals surface area contributed by atoms with Crippen LogP contribution in [0.3, 0.4) is 0 Å². The van der Waals surface area contributed by atoms with Gasteiger partial charge < -0.3 is 21.4 Å². The summed E-state index contributed by atoms with van der Waals surface area (Å²) in [7, 11) is 0. The van der Waals surface area contributed by atoms with Crippen molar-refractivity contribution in [3.63, 3.8) is 0 Å². The van der Waals surface area contributed by atoms with Crippen molar-refractivity contribution in [2.45, 2.75) is 32.9 Å². The van der Waals surface area contributed by atoms with E-state index in [2.05, 4.69) is 20.6 Å². The van der Waals surface area contributed by atoms with Gasteiger partial charge >= 0.3 is 0 Å². The molecule has 0 spiro atoms. The van der Waals surface area contributed by atoms with Gasteiger partial charge in [-0.2, -0.15) is 0 Å². The van der Waals surface area contributed by atoms with Crippen molar-refractivity contribution in [3.8, 4) is 0 Å². The molecule has 1 aromatic carbocycles. The molecule has 2 amide bonds. The Balaban J connectivity index is 1.72. The molecule has 0 aliphatic heterocycles. The Morgan fingerprint density at radius 2 is 1.96 bits per heavy atom. The highest BCUT2D eigenvalue weighted by atomic mass is 32.1. The van der Waals surface area contributed by atoms with Crippen molar-refractivity contribution in [1.82, 2.24) is 20.6 Å². The zero-order valence-electron chi connectivity index (χ0n) is 15.8. The van der Waals surface area contributed by atoms with Crippen LogP contribution in [0, 0.1) is 13.8 Å². The zero-order chi connectivity index (χ0) is 20.1. The summed E-state index contributed by atoms with van der Waals surface area (Å²) < 4.78 is 0. The van der Waals surface area contributed by atoms with Crippen molar-refractivity contribution >= 4 is 28.3 Å². The number of rotatable bonds is 7. The van der Waals surface area contributed by atoms with Crippen molar-refractivity contribution in [1.29, 1.82) is 0 Å². The van der Waals surface area contributed by atoms with Gasteiger partial charge in [0.1, 0.15) is 11.7 Å². The first-order chi connectivity index (χ1) is 13.4. The third kappa shape index (κ3) is 4.98. The van der Waals surface area contributed by atoms with Gasteiger partial charge in [-0.1, -0.05) is 29.8 Å². The van der Waals surface area contributed by atoms with Crippen LogP contribution in [0.1, 0.15) is 32.1 Å². The van der Waals surface area contributed by atoms with Crippen LogP contribution in [0.5, 0.6) is 0 Å². The molecular weight excluding hydrogens is 374 g/mol. The first-order valence-corrected chi connectivity index (χ1v) is 9.72. The fourth-order valence-corrected chi connectivity index (χ4v) is 3.42. The molecule has 8 heteroatoms. The van der Waals surface area contributed by atoms with E-state index in [0.29, 0.717) is 23.8 Å². The van der Waals surface area contributed by atoms with E-state index in [4.69, 9.17) is 5.73 Å². The van der Waals surface area contributed by atoms with E-state index < -0.39 is 6.04 Å². The largest absolute Gasteiger partial charge is 0.375 e. The number of nitrogen functional groups attached to an aromatic ring is 1. The minimum absolute atomic E-state index is 0.259. The Kier molecular flexibility index (Phi) is 6.10. The molecule has 5 N–H and O–H groups in total. The molecule has 0 saturated carbocycles. The number of nitrogens with one attached hydrogen (secondary N) is 3. The van der Waals surface area contributed by atoms with Crippen LogP contribution in [0.2, 0.25) is 0 Å². The SMILES string of the molecule is Cc1ccc(C[C@H](NC(=O)c2[nH]ccc2C)C(=O)NCc2cnc(N)s2)cc1. The highest BCUT2D eigenvalue weighted by Gasteiger charge is 2.23. The molecule has 0 aliphatic carbocycles. The van der Waals surface area contributed by atoms with Crippen molar-refractivity contribution in [3.05, 3.63) is 70.0 Å². The fraction of sp³-hybridized carbons (Fsp3) is 0.250. The molecule has 0 unspecified atom stereocenters. The number of nitrogens with two attached hydrogens (primary N) is 1. The molecule has 7 nitrogen and oxygen atoms in total. The van der Waals surface area contributed by atoms with Crippen molar-refractivity contribution in [2.24, 2.45) is 0 Å². The van der Waals surface area contributed by atoms with Gasteiger partial charge in [0.2, 0.25) is 5.91 Å². The maximum atomic E-state index is 12.8. The number of carbonyl (C=O) groups excluding carboxylic acids is 2. The predicted molar refractivity (Wildman–Crippen MR) is 110 cm³/mol. The molecule has 28 heavy (non-hydrogen) atoms. The number of aromatic nitrogens is 2. The van der Waals surface area contributed by atoms with Gasteiger partial charge in [0.05, 0.1) is 6.54 Å². The number of thiazole rings is 1. The number of aryl methyl sites for hydroxylation is 2. The van der Waals surface area contributed by atoms with Crippen molar-refractivity contribution in [2.75, 3.05) is 5.73 Å². The standard InChI is InChI=1S/C20H23N5O2S/c1-12-3-5-14(6-4-12)9-16(25-19(27)17-13(2)7-8-22-17)18(26)23-10-15-11-24-20(21)28-15/h3-8,11,16,22H,9-10H2,1-2H3,(H2,21,24)(H,23,26)(H,25,27)/t16-/m0/s1. The van der Waals surface area contributed by atoms with E-state index in [1.807, 2.05) is 44.2 Å². The second-order valence-corrected chi connectivity index (χ2v) is 7.78. The quantitative estimate of drug-likeness (QED) is 0.490. The van der Waals surface area contributed by atoms with Crippen LogP contribution in [0.25, 0.3) is 0 Å².